The maximum atomic E-state index is 13.0. The van der Waals surface area contributed by atoms with Gasteiger partial charge in [-0.1, -0.05) is 0 Å². The quantitative estimate of drug-likeness (QED) is 0.192. The Morgan fingerprint density at radius 3 is 1.82 bits per heavy atom. The minimum absolute atomic E-state index is 0.0717. The Labute approximate surface area is 229 Å². The SMILES string of the molecule is COC(=O)c1ccc(NC(=O)c2ccc([N+](=O)[O-])c(OCC(=O)OC(C)(C)C)n2)c(OCC(=O)OC(C)(C)C)n1. The molecule has 15 heteroatoms. The second kappa shape index (κ2) is 12.8. The van der Waals surface area contributed by atoms with Crippen LogP contribution in [0.25, 0.3) is 0 Å². The summed E-state index contributed by atoms with van der Waals surface area (Å²) in [6.45, 7) is 8.59. The molecule has 0 fully saturated rings. The Bertz CT molecular complexity index is 1300. The number of hydrogen-bond acceptors (Lipinski definition) is 13. The molecule has 0 saturated carbocycles. The van der Waals surface area contributed by atoms with Gasteiger partial charge in [-0.25, -0.2) is 24.4 Å². The second-order valence-corrected chi connectivity index (χ2v) is 10.0. The summed E-state index contributed by atoms with van der Waals surface area (Å²) >= 11 is 0. The lowest BCUT2D eigenvalue weighted by Gasteiger charge is -2.19. The van der Waals surface area contributed by atoms with Gasteiger partial charge in [-0.05, 0) is 59.7 Å². The predicted molar refractivity (Wildman–Crippen MR) is 137 cm³/mol. The van der Waals surface area contributed by atoms with Gasteiger partial charge in [0.05, 0.1) is 12.0 Å². The molecule has 0 radical (unpaired) electrons. The van der Waals surface area contributed by atoms with Crippen molar-refractivity contribution >= 4 is 35.2 Å². The van der Waals surface area contributed by atoms with Crippen molar-refractivity contribution in [3.63, 3.8) is 0 Å². The van der Waals surface area contributed by atoms with Crippen molar-refractivity contribution in [1.82, 2.24) is 9.97 Å². The van der Waals surface area contributed by atoms with Gasteiger partial charge in [0, 0.05) is 6.07 Å². The molecule has 2 aromatic rings. The maximum Gasteiger partial charge on any atom is 0.356 e. The standard InChI is InChI=1S/C25H30N4O11/c1-24(2,3)39-18(30)12-37-21-15(8-9-16(28-21)23(33)36-7)26-20(32)14-10-11-17(29(34)35)22(27-14)38-13-19(31)40-25(4,5)6/h8-11H,12-13H2,1-7H3,(H,26,32). The van der Waals surface area contributed by atoms with Crippen LogP contribution in [0, 0.1) is 10.1 Å². The fraction of sp³-hybridized carbons (Fsp3) is 0.440. The van der Waals surface area contributed by atoms with E-state index in [-0.39, 0.29) is 23.0 Å². The maximum absolute atomic E-state index is 13.0. The molecule has 1 N–H and O–H groups in total. The van der Waals surface area contributed by atoms with Gasteiger partial charge in [-0.15, -0.1) is 0 Å². The lowest BCUT2D eigenvalue weighted by molar-refractivity contribution is -0.386. The fourth-order valence-electron chi connectivity index (χ4n) is 2.85. The normalized spacial score (nSPS) is 11.2. The van der Waals surface area contributed by atoms with Crippen LogP contribution in [0.1, 0.15) is 62.5 Å². The van der Waals surface area contributed by atoms with Crippen LogP contribution in [0.2, 0.25) is 0 Å². The number of anilines is 1. The molecule has 0 saturated heterocycles. The Morgan fingerprint density at radius 2 is 1.32 bits per heavy atom. The molecular formula is C25H30N4O11. The molecule has 0 atom stereocenters. The molecule has 0 aliphatic heterocycles. The van der Waals surface area contributed by atoms with Crippen LogP contribution in [0.15, 0.2) is 24.3 Å². The van der Waals surface area contributed by atoms with Crippen molar-refractivity contribution in [2.75, 3.05) is 25.6 Å². The number of aromatic nitrogens is 2. The summed E-state index contributed by atoms with van der Waals surface area (Å²) in [7, 11) is 1.14. The van der Waals surface area contributed by atoms with Crippen molar-refractivity contribution in [3.8, 4) is 11.8 Å². The van der Waals surface area contributed by atoms with E-state index in [9.17, 15) is 29.3 Å². The third-order valence-electron chi connectivity index (χ3n) is 4.27. The Kier molecular flexibility index (Phi) is 10.1. The largest absolute Gasteiger partial charge is 0.464 e. The van der Waals surface area contributed by atoms with E-state index in [2.05, 4.69) is 20.0 Å². The molecule has 0 aromatic carbocycles. The van der Waals surface area contributed by atoms with Gasteiger partial charge >= 0.3 is 23.6 Å². The average Bonchev–Trinajstić information content (AvgIpc) is 2.83. The number of methoxy groups -OCH3 is 1. The summed E-state index contributed by atoms with van der Waals surface area (Å²) in [4.78, 5) is 67.5. The first-order chi connectivity index (χ1) is 18.5. The number of nitro groups is 1. The van der Waals surface area contributed by atoms with Crippen LogP contribution in [0.3, 0.4) is 0 Å². The molecule has 1 amide bonds. The van der Waals surface area contributed by atoms with Crippen LogP contribution in [0.5, 0.6) is 11.8 Å². The molecular weight excluding hydrogens is 532 g/mol. The highest BCUT2D eigenvalue weighted by Crippen LogP contribution is 2.27. The van der Waals surface area contributed by atoms with Crippen LogP contribution < -0.4 is 14.8 Å². The monoisotopic (exact) mass is 562 g/mol. The molecule has 216 valence electrons. The van der Waals surface area contributed by atoms with Gasteiger partial charge in [-0.2, -0.15) is 0 Å². The summed E-state index contributed by atoms with van der Waals surface area (Å²) in [5.74, 6) is -4.13. The van der Waals surface area contributed by atoms with Gasteiger partial charge in [-0.3, -0.25) is 14.9 Å². The smallest absolute Gasteiger partial charge is 0.356 e. The van der Waals surface area contributed by atoms with Crippen LogP contribution in [0.4, 0.5) is 11.4 Å². The number of hydrogen-bond donors (Lipinski definition) is 1. The molecule has 0 bridgehead atoms. The summed E-state index contributed by atoms with van der Waals surface area (Å²) in [6, 6.07) is 4.55. The van der Waals surface area contributed by atoms with E-state index in [1.165, 1.54) is 12.1 Å². The van der Waals surface area contributed by atoms with Gasteiger partial charge in [0.1, 0.15) is 22.6 Å². The number of rotatable bonds is 10. The lowest BCUT2D eigenvalue weighted by Crippen LogP contribution is -2.28. The van der Waals surface area contributed by atoms with Crippen molar-refractivity contribution in [3.05, 3.63) is 45.8 Å². The first-order valence-corrected chi connectivity index (χ1v) is 11.7. The van der Waals surface area contributed by atoms with E-state index < -0.39 is 64.7 Å². The highest BCUT2D eigenvalue weighted by Gasteiger charge is 2.25. The first-order valence-electron chi connectivity index (χ1n) is 11.7. The van der Waals surface area contributed by atoms with E-state index in [4.69, 9.17) is 18.9 Å². The Hall–Kier alpha value is -4.82. The third-order valence-corrected chi connectivity index (χ3v) is 4.27. The lowest BCUT2D eigenvalue weighted by atomic mass is 10.2. The van der Waals surface area contributed by atoms with Gasteiger partial charge in [0.2, 0.25) is 5.88 Å². The molecule has 0 unspecified atom stereocenters. The Morgan fingerprint density at radius 1 is 0.825 bits per heavy atom. The summed E-state index contributed by atoms with van der Waals surface area (Å²) in [6.07, 6.45) is 0. The first kappa shape index (κ1) is 31.4. The minimum Gasteiger partial charge on any atom is -0.464 e. The zero-order valence-corrected chi connectivity index (χ0v) is 23.1. The molecule has 0 aliphatic rings. The van der Waals surface area contributed by atoms with E-state index in [0.29, 0.717) is 0 Å². The fourth-order valence-corrected chi connectivity index (χ4v) is 2.85. The number of carbonyl (C=O) groups is 4. The van der Waals surface area contributed by atoms with Crippen molar-refractivity contribution in [2.24, 2.45) is 0 Å². The molecule has 0 spiro atoms. The average molecular weight is 563 g/mol. The Balaban J connectivity index is 2.31. The number of esters is 3. The number of amides is 1. The van der Waals surface area contributed by atoms with Crippen molar-refractivity contribution in [2.45, 2.75) is 52.7 Å². The zero-order chi connectivity index (χ0) is 30.3. The topological polar surface area (TPSA) is 195 Å². The van der Waals surface area contributed by atoms with E-state index in [1.807, 2.05) is 0 Å². The number of nitrogens with zero attached hydrogens (tertiary/aromatic N) is 3. The summed E-state index contributed by atoms with van der Waals surface area (Å²) in [5, 5.41) is 13.9. The molecule has 2 heterocycles. The van der Waals surface area contributed by atoms with E-state index in [1.54, 1.807) is 41.5 Å². The minimum atomic E-state index is -0.883. The van der Waals surface area contributed by atoms with Gasteiger partial charge < -0.3 is 29.0 Å². The number of nitrogens with one attached hydrogen (secondary N) is 1. The molecule has 15 nitrogen and oxygen atoms in total. The predicted octanol–water partition coefficient (Wildman–Crippen LogP) is 2.86. The molecule has 2 rings (SSSR count). The van der Waals surface area contributed by atoms with E-state index >= 15 is 0 Å². The number of pyridine rings is 2. The highest BCUT2D eigenvalue weighted by molar-refractivity contribution is 6.04. The van der Waals surface area contributed by atoms with E-state index in [0.717, 1.165) is 19.2 Å². The van der Waals surface area contributed by atoms with Crippen molar-refractivity contribution in [1.29, 1.82) is 0 Å². The highest BCUT2D eigenvalue weighted by atomic mass is 16.6. The molecule has 0 aliphatic carbocycles. The van der Waals surface area contributed by atoms with Crippen LogP contribution >= 0.6 is 0 Å². The van der Waals surface area contributed by atoms with Crippen LogP contribution in [-0.4, -0.2) is 70.2 Å². The van der Waals surface area contributed by atoms with Gasteiger partial charge in [0.15, 0.2) is 18.9 Å². The third kappa shape index (κ3) is 9.81. The van der Waals surface area contributed by atoms with Crippen LogP contribution in [-0.2, 0) is 23.8 Å². The summed E-state index contributed by atoms with van der Waals surface area (Å²) in [5.41, 5.74) is -2.78. The molecule has 40 heavy (non-hydrogen) atoms. The summed E-state index contributed by atoms with van der Waals surface area (Å²) < 4.78 is 25.5. The number of ether oxygens (including phenoxy) is 5. The second-order valence-electron chi connectivity index (χ2n) is 10.0. The molecule has 2 aromatic heterocycles. The van der Waals surface area contributed by atoms with Crippen molar-refractivity contribution < 1.29 is 47.8 Å². The number of carbonyl (C=O) groups excluding carboxylic acids is 4. The van der Waals surface area contributed by atoms with Gasteiger partial charge in [0.25, 0.3) is 11.8 Å². The zero-order valence-electron chi connectivity index (χ0n) is 23.1.